The number of hydrogen-bond donors (Lipinski definition) is 3. The second kappa shape index (κ2) is 10.4. The van der Waals surface area contributed by atoms with Gasteiger partial charge in [-0.1, -0.05) is 30.3 Å². The van der Waals surface area contributed by atoms with Gasteiger partial charge in [0.2, 0.25) is 5.91 Å². The van der Waals surface area contributed by atoms with E-state index in [0.29, 0.717) is 0 Å². The van der Waals surface area contributed by atoms with Crippen LogP contribution < -0.4 is 10.6 Å². The molecule has 0 bridgehead atoms. The van der Waals surface area contributed by atoms with Crippen molar-refractivity contribution >= 4 is 18.0 Å². The first-order valence-electron chi connectivity index (χ1n) is 8.29. The zero-order chi connectivity index (χ0) is 19.6. The molecule has 0 heterocycles. The highest BCUT2D eigenvalue weighted by Crippen LogP contribution is 2.06. The van der Waals surface area contributed by atoms with E-state index in [9.17, 15) is 14.4 Å². The Bertz CT molecular complexity index is 597. The summed E-state index contributed by atoms with van der Waals surface area (Å²) in [5.74, 6) is -1.21. The van der Waals surface area contributed by atoms with Gasteiger partial charge in [-0.3, -0.25) is 9.59 Å². The number of amides is 2. The molecule has 1 atom stereocenters. The highest BCUT2D eigenvalue weighted by molar-refractivity contribution is 5.88. The van der Waals surface area contributed by atoms with Crippen molar-refractivity contribution in [3.63, 3.8) is 0 Å². The lowest BCUT2D eigenvalue weighted by Gasteiger charge is -2.21. The maximum atomic E-state index is 12.1. The second-order valence-electron chi connectivity index (χ2n) is 6.58. The summed E-state index contributed by atoms with van der Waals surface area (Å²) >= 11 is 0. The van der Waals surface area contributed by atoms with E-state index >= 15 is 0 Å². The number of aliphatic hydroxyl groups is 1. The molecule has 0 aliphatic heterocycles. The molecule has 144 valence electrons. The van der Waals surface area contributed by atoms with Crippen LogP contribution >= 0.6 is 0 Å². The number of carbonyl (C=O) groups is 3. The van der Waals surface area contributed by atoms with E-state index in [1.54, 1.807) is 32.9 Å². The van der Waals surface area contributed by atoms with Gasteiger partial charge in [0.05, 0.1) is 0 Å². The number of hydrogen-bond acceptors (Lipinski definition) is 6. The van der Waals surface area contributed by atoms with Gasteiger partial charge >= 0.3 is 12.1 Å². The summed E-state index contributed by atoms with van der Waals surface area (Å²) in [6.45, 7) is 4.54. The predicted molar refractivity (Wildman–Crippen MR) is 94.1 cm³/mol. The maximum absolute atomic E-state index is 12.1. The molecule has 1 aromatic carbocycles. The van der Waals surface area contributed by atoms with Crippen LogP contribution in [0.2, 0.25) is 0 Å². The monoisotopic (exact) mass is 366 g/mol. The Morgan fingerprint density at radius 1 is 1.15 bits per heavy atom. The normalized spacial score (nSPS) is 12.0. The third-order valence-electron chi connectivity index (χ3n) is 3.07. The summed E-state index contributed by atoms with van der Waals surface area (Å²) in [6, 6.07) is 8.05. The molecule has 1 rings (SSSR count). The quantitative estimate of drug-likeness (QED) is 0.594. The molecule has 0 aromatic heterocycles. The Kier molecular flexibility index (Phi) is 8.57. The van der Waals surface area contributed by atoms with E-state index < -0.39 is 29.6 Å². The summed E-state index contributed by atoms with van der Waals surface area (Å²) < 4.78 is 10.1. The number of nitrogens with one attached hydrogen (secondary N) is 2. The number of carbonyl (C=O) groups excluding carboxylic acids is 3. The van der Waals surface area contributed by atoms with Crippen LogP contribution in [0.1, 0.15) is 32.8 Å². The molecule has 1 aromatic rings. The minimum Gasteiger partial charge on any atom is -0.459 e. The summed E-state index contributed by atoms with van der Waals surface area (Å²) in [4.78, 5) is 35.6. The van der Waals surface area contributed by atoms with Crippen LogP contribution in [0.5, 0.6) is 0 Å². The zero-order valence-electron chi connectivity index (χ0n) is 15.3. The molecule has 2 amide bonds. The highest BCUT2D eigenvalue weighted by Gasteiger charge is 2.23. The van der Waals surface area contributed by atoms with Crippen molar-refractivity contribution in [2.75, 3.05) is 13.2 Å². The lowest BCUT2D eigenvalue weighted by molar-refractivity contribution is -0.154. The molecular formula is C18H26N2O6. The van der Waals surface area contributed by atoms with Crippen LogP contribution in [-0.4, -0.2) is 47.9 Å². The fourth-order valence-corrected chi connectivity index (χ4v) is 1.97. The van der Waals surface area contributed by atoms with Crippen molar-refractivity contribution in [3.05, 3.63) is 35.9 Å². The van der Waals surface area contributed by atoms with Gasteiger partial charge in [-0.2, -0.15) is 0 Å². The molecule has 0 aliphatic rings. The standard InChI is InChI=1S/C18H26N2O6/c1-18(2,3)26-15(22)11-19-16(23)14(9-10-21)20-17(24)25-12-13-7-5-4-6-8-13/h4-8,14,21H,9-12H2,1-3H3,(H,19,23)(H,20,24). The Hall–Kier alpha value is -2.61. The number of benzene rings is 1. The predicted octanol–water partition coefficient (Wildman–Crippen LogP) is 1.12. The number of alkyl carbamates (subject to hydrolysis) is 1. The van der Waals surface area contributed by atoms with E-state index in [1.807, 2.05) is 18.2 Å². The average molecular weight is 366 g/mol. The number of aliphatic hydroxyl groups excluding tert-OH is 1. The van der Waals surface area contributed by atoms with Gasteiger partial charge in [-0.25, -0.2) is 4.79 Å². The summed E-state index contributed by atoms with van der Waals surface area (Å²) in [6.07, 6.45) is -0.805. The molecular weight excluding hydrogens is 340 g/mol. The topological polar surface area (TPSA) is 114 Å². The van der Waals surface area contributed by atoms with Gasteiger partial charge < -0.3 is 25.2 Å². The maximum Gasteiger partial charge on any atom is 0.408 e. The SMILES string of the molecule is CC(C)(C)OC(=O)CNC(=O)C(CCO)NC(=O)OCc1ccccc1. The molecule has 26 heavy (non-hydrogen) atoms. The molecule has 8 heteroatoms. The van der Waals surface area contributed by atoms with Crippen LogP contribution in [-0.2, 0) is 25.7 Å². The Balaban J connectivity index is 2.46. The van der Waals surface area contributed by atoms with Crippen LogP contribution in [0.3, 0.4) is 0 Å². The van der Waals surface area contributed by atoms with Crippen LogP contribution in [0, 0.1) is 0 Å². The largest absolute Gasteiger partial charge is 0.459 e. The van der Waals surface area contributed by atoms with Gasteiger partial charge in [0, 0.05) is 6.61 Å². The number of rotatable bonds is 8. The fourth-order valence-electron chi connectivity index (χ4n) is 1.97. The van der Waals surface area contributed by atoms with Gasteiger partial charge in [-0.05, 0) is 32.8 Å². The Labute approximate surface area is 152 Å². The van der Waals surface area contributed by atoms with Gasteiger partial charge in [0.25, 0.3) is 0 Å². The Morgan fingerprint density at radius 2 is 1.81 bits per heavy atom. The third-order valence-corrected chi connectivity index (χ3v) is 3.07. The van der Waals surface area contributed by atoms with Crippen molar-refractivity contribution < 1.29 is 29.0 Å². The lowest BCUT2D eigenvalue weighted by atomic mass is 10.2. The highest BCUT2D eigenvalue weighted by atomic mass is 16.6. The minimum atomic E-state index is -1.02. The van der Waals surface area contributed by atoms with Crippen LogP contribution in [0.25, 0.3) is 0 Å². The van der Waals surface area contributed by atoms with E-state index in [2.05, 4.69) is 10.6 Å². The van der Waals surface area contributed by atoms with Crippen LogP contribution in [0.4, 0.5) is 4.79 Å². The fraction of sp³-hybridized carbons (Fsp3) is 0.500. The van der Waals surface area contributed by atoms with Crippen molar-refractivity contribution in [1.82, 2.24) is 10.6 Å². The lowest BCUT2D eigenvalue weighted by Crippen LogP contribution is -2.48. The second-order valence-corrected chi connectivity index (χ2v) is 6.58. The number of ether oxygens (including phenoxy) is 2. The van der Waals surface area contributed by atoms with Crippen molar-refractivity contribution in [1.29, 1.82) is 0 Å². The van der Waals surface area contributed by atoms with Gasteiger partial charge in [0.1, 0.15) is 24.8 Å². The zero-order valence-corrected chi connectivity index (χ0v) is 15.3. The number of esters is 1. The summed E-state index contributed by atoms with van der Waals surface area (Å²) in [5, 5.41) is 13.8. The van der Waals surface area contributed by atoms with E-state index in [1.165, 1.54) is 0 Å². The smallest absolute Gasteiger partial charge is 0.408 e. The van der Waals surface area contributed by atoms with Crippen molar-refractivity contribution in [2.24, 2.45) is 0 Å². The molecule has 0 saturated heterocycles. The molecule has 1 unspecified atom stereocenters. The molecule has 0 saturated carbocycles. The Morgan fingerprint density at radius 3 is 2.38 bits per heavy atom. The minimum absolute atomic E-state index is 0.0133. The van der Waals surface area contributed by atoms with Crippen molar-refractivity contribution in [3.8, 4) is 0 Å². The summed E-state index contributed by atoms with van der Waals surface area (Å²) in [5.41, 5.74) is 0.141. The van der Waals surface area contributed by atoms with Crippen molar-refractivity contribution in [2.45, 2.75) is 45.4 Å². The molecule has 0 aliphatic carbocycles. The van der Waals surface area contributed by atoms with E-state index in [4.69, 9.17) is 14.6 Å². The molecule has 0 fully saturated rings. The van der Waals surface area contributed by atoms with Gasteiger partial charge in [-0.15, -0.1) is 0 Å². The first kappa shape index (κ1) is 21.4. The average Bonchev–Trinajstić information content (AvgIpc) is 2.57. The molecule has 3 N–H and O–H groups in total. The van der Waals surface area contributed by atoms with E-state index in [0.717, 1.165) is 5.56 Å². The molecule has 8 nitrogen and oxygen atoms in total. The van der Waals surface area contributed by atoms with Gasteiger partial charge in [0.15, 0.2) is 0 Å². The van der Waals surface area contributed by atoms with E-state index in [-0.39, 0.29) is 26.2 Å². The summed E-state index contributed by atoms with van der Waals surface area (Å²) in [7, 11) is 0. The third kappa shape index (κ3) is 9.03. The molecule has 0 radical (unpaired) electrons. The first-order chi connectivity index (χ1) is 12.2. The first-order valence-corrected chi connectivity index (χ1v) is 8.29. The molecule has 0 spiro atoms. The van der Waals surface area contributed by atoms with Crippen LogP contribution in [0.15, 0.2) is 30.3 Å².